The molecule has 3 nitrogen and oxygen atoms in total. The van der Waals surface area contributed by atoms with Crippen LogP contribution in [0.3, 0.4) is 0 Å². The lowest BCUT2D eigenvalue weighted by Crippen LogP contribution is -2.65. The molecule has 1 aromatic carbocycles. The van der Waals surface area contributed by atoms with Crippen LogP contribution in [0.25, 0.3) is 0 Å². The van der Waals surface area contributed by atoms with E-state index in [4.69, 9.17) is 4.74 Å². The van der Waals surface area contributed by atoms with Crippen LogP contribution in [0, 0.1) is 23.7 Å². The number of piperidine rings is 1. The number of Topliss-reactive ketones (excluding diaryl/α,β-unsaturated/α-hetero) is 1. The third-order valence-electron chi connectivity index (χ3n) is 8.41. The van der Waals surface area contributed by atoms with Crippen molar-refractivity contribution in [3.05, 3.63) is 29.3 Å². The van der Waals surface area contributed by atoms with E-state index in [0.717, 1.165) is 43.9 Å². The van der Waals surface area contributed by atoms with Crippen LogP contribution >= 0.6 is 12.4 Å². The molecule has 3 fully saturated rings. The topological polar surface area (TPSA) is 29.5 Å². The van der Waals surface area contributed by atoms with Crippen LogP contribution in [0.1, 0.15) is 57.1 Å². The molecule has 5 atom stereocenters. The van der Waals surface area contributed by atoms with Gasteiger partial charge < -0.3 is 4.74 Å². The van der Waals surface area contributed by atoms with Gasteiger partial charge in [-0.15, -0.1) is 12.4 Å². The molecule has 4 heteroatoms. The highest BCUT2D eigenvalue weighted by Crippen LogP contribution is 2.59. The van der Waals surface area contributed by atoms with Gasteiger partial charge in [-0.3, -0.25) is 9.69 Å². The van der Waals surface area contributed by atoms with Gasteiger partial charge in [-0.05, 0) is 73.2 Å². The fourth-order valence-corrected chi connectivity index (χ4v) is 6.88. The molecule has 5 rings (SSSR count). The second-order valence-corrected chi connectivity index (χ2v) is 9.67. The molecule has 3 aliphatic carbocycles. The lowest BCUT2D eigenvalue weighted by Gasteiger charge is -2.62. The van der Waals surface area contributed by atoms with Crippen LogP contribution in [0.2, 0.25) is 0 Å². The van der Waals surface area contributed by atoms with Gasteiger partial charge in [-0.2, -0.15) is 0 Å². The minimum absolute atomic E-state index is 0. The number of likely N-dealkylation sites (tertiary alicyclic amines) is 1. The van der Waals surface area contributed by atoms with Gasteiger partial charge in [0.25, 0.3) is 0 Å². The van der Waals surface area contributed by atoms with Crippen molar-refractivity contribution < 1.29 is 9.53 Å². The standard InChI is InChI=1S/C24H33NO2.ClH/c1-4-19-15(2)22(26)13-24-9-10-25(14-16-5-6-16)21(23(19)24)11-17-7-8-18(27-3)12-20(17)24;/h7-8,12,15-16,19,21,23H,4-6,9-11,13-14H2,1-3H3;1H/t15-,19-,21?,23-,24?;/m0./s1. The Labute approximate surface area is 175 Å². The van der Waals surface area contributed by atoms with Crippen LogP contribution in [-0.2, 0) is 16.6 Å². The van der Waals surface area contributed by atoms with E-state index < -0.39 is 0 Å². The molecular formula is C24H34ClNO2. The zero-order valence-corrected chi connectivity index (χ0v) is 18.3. The third kappa shape index (κ3) is 2.92. The van der Waals surface area contributed by atoms with Crippen molar-refractivity contribution in [2.45, 2.75) is 63.8 Å². The normalized spacial score (nSPS) is 36.9. The van der Waals surface area contributed by atoms with Gasteiger partial charge in [-0.25, -0.2) is 0 Å². The first-order chi connectivity index (χ1) is 13.1. The largest absolute Gasteiger partial charge is 0.497 e. The van der Waals surface area contributed by atoms with Crippen LogP contribution in [-0.4, -0.2) is 36.9 Å². The number of halogens is 1. The minimum atomic E-state index is 0. The van der Waals surface area contributed by atoms with Gasteiger partial charge in [0, 0.05) is 30.3 Å². The van der Waals surface area contributed by atoms with E-state index in [0.29, 0.717) is 23.7 Å². The SMILES string of the molecule is CC[C@H]1[C@H](C)C(=O)CC23CCN(CC4CC4)C(Cc4ccc(OC)cc42)[C@H]13.Cl. The molecule has 154 valence electrons. The Hall–Kier alpha value is -1.06. The molecule has 0 spiro atoms. The predicted molar refractivity (Wildman–Crippen MR) is 114 cm³/mol. The summed E-state index contributed by atoms with van der Waals surface area (Å²) in [5, 5.41) is 0. The first-order valence-corrected chi connectivity index (χ1v) is 11.0. The van der Waals surface area contributed by atoms with Crippen LogP contribution in [0.15, 0.2) is 18.2 Å². The number of hydrogen-bond acceptors (Lipinski definition) is 3. The average Bonchev–Trinajstić information content (AvgIpc) is 3.49. The average molecular weight is 404 g/mol. The van der Waals surface area contributed by atoms with Crippen molar-refractivity contribution in [3.63, 3.8) is 0 Å². The van der Waals surface area contributed by atoms with Crippen molar-refractivity contribution in [2.75, 3.05) is 20.2 Å². The molecule has 2 unspecified atom stereocenters. The predicted octanol–water partition coefficient (Wildman–Crippen LogP) is 4.65. The Morgan fingerprint density at radius 1 is 1.29 bits per heavy atom. The summed E-state index contributed by atoms with van der Waals surface area (Å²) in [5.41, 5.74) is 2.94. The molecule has 28 heavy (non-hydrogen) atoms. The van der Waals surface area contributed by atoms with Crippen molar-refractivity contribution in [1.29, 1.82) is 0 Å². The monoisotopic (exact) mass is 403 g/mol. The molecule has 0 N–H and O–H groups in total. The van der Waals surface area contributed by atoms with E-state index in [1.807, 2.05) is 0 Å². The summed E-state index contributed by atoms with van der Waals surface area (Å²) >= 11 is 0. The number of methoxy groups -OCH3 is 1. The van der Waals surface area contributed by atoms with Gasteiger partial charge in [0.1, 0.15) is 11.5 Å². The van der Waals surface area contributed by atoms with E-state index in [9.17, 15) is 4.79 Å². The summed E-state index contributed by atoms with van der Waals surface area (Å²) in [6.07, 6.45) is 6.97. The van der Waals surface area contributed by atoms with Gasteiger partial charge >= 0.3 is 0 Å². The number of hydrogen-bond donors (Lipinski definition) is 0. The number of ketones is 1. The lowest BCUT2D eigenvalue weighted by molar-refractivity contribution is -0.139. The Bertz CT molecular complexity index is 761. The number of carbonyl (C=O) groups is 1. The van der Waals surface area contributed by atoms with E-state index in [1.54, 1.807) is 7.11 Å². The minimum Gasteiger partial charge on any atom is -0.497 e. The second kappa shape index (κ2) is 7.32. The number of benzene rings is 1. The van der Waals surface area contributed by atoms with E-state index in [-0.39, 0.29) is 23.7 Å². The highest BCUT2D eigenvalue weighted by molar-refractivity contribution is 5.85. The van der Waals surface area contributed by atoms with Crippen molar-refractivity contribution >= 4 is 18.2 Å². The Morgan fingerprint density at radius 2 is 2.07 bits per heavy atom. The maximum Gasteiger partial charge on any atom is 0.136 e. The number of fused-ring (bicyclic) bond motifs is 1. The quantitative estimate of drug-likeness (QED) is 0.733. The molecule has 2 saturated carbocycles. The number of nitrogens with zero attached hydrogens (tertiary/aromatic N) is 1. The zero-order valence-electron chi connectivity index (χ0n) is 17.4. The summed E-state index contributed by atoms with van der Waals surface area (Å²) < 4.78 is 5.58. The maximum absolute atomic E-state index is 13.1. The first kappa shape index (κ1) is 20.2. The highest BCUT2D eigenvalue weighted by Gasteiger charge is 2.60. The smallest absolute Gasteiger partial charge is 0.136 e. The molecule has 4 aliphatic rings. The summed E-state index contributed by atoms with van der Waals surface area (Å²) in [7, 11) is 1.75. The fourth-order valence-electron chi connectivity index (χ4n) is 6.88. The number of ether oxygens (including phenoxy) is 1. The van der Waals surface area contributed by atoms with Crippen LogP contribution < -0.4 is 4.74 Å². The molecule has 1 aromatic rings. The Balaban J connectivity index is 0.00000192. The molecule has 1 saturated heterocycles. The van der Waals surface area contributed by atoms with Crippen LogP contribution in [0.5, 0.6) is 5.75 Å². The van der Waals surface area contributed by atoms with Gasteiger partial charge in [0.15, 0.2) is 0 Å². The van der Waals surface area contributed by atoms with Crippen molar-refractivity contribution in [3.8, 4) is 5.75 Å². The molecular weight excluding hydrogens is 370 g/mol. The Kier molecular flexibility index (Phi) is 5.29. The van der Waals surface area contributed by atoms with Gasteiger partial charge in [0.05, 0.1) is 7.11 Å². The van der Waals surface area contributed by atoms with Crippen molar-refractivity contribution in [1.82, 2.24) is 4.90 Å². The molecule has 2 bridgehead atoms. The van der Waals surface area contributed by atoms with Gasteiger partial charge in [-0.1, -0.05) is 26.3 Å². The van der Waals surface area contributed by atoms with Gasteiger partial charge in [0.2, 0.25) is 0 Å². The van der Waals surface area contributed by atoms with Crippen LogP contribution in [0.4, 0.5) is 0 Å². The Morgan fingerprint density at radius 3 is 2.75 bits per heavy atom. The summed E-state index contributed by atoms with van der Waals surface area (Å²) in [4.78, 5) is 15.9. The number of carbonyl (C=O) groups excluding carboxylic acids is 1. The molecule has 1 aliphatic heterocycles. The highest BCUT2D eigenvalue weighted by atomic mass is 35.5. The third-order valence-corrected chi connectivity index (χ3v) is 8.41. The second-order valence-electron chi connectivity index (χ2n) is 9.67. The number of rotatable bonds is 4. The summed E-state index contributed by atoms with van der Waals surface area (Å²) in [5.74, 6) is 3.70. The molecule has 0 radical (unpaired) electrons. The first-order valence-electron chi connectivity index (χ1n) is 11.0. The zero-order chi connectivity index (χ0) is 18.8. The maximum atomic E-state index is 13.1. The molecule has 1 heterocycles. The van der Waals surface area contributed by atoms with E-state index in [2.05, 4.69) is 36.9 Å². The summed E-state index contributed by atoms with van der Waals surface area (Å²) in [6.45, 7) is 6.94. The van der Waals surface area contributed by atoms with Crippen molar-refractivity contribution in [2.24, 2.45) is 23.7 Å². The van der Waals surface area contributed by atoms with E-state index >= 15 is 0 Å². The molecule has 0 amide bonds. The molecule has 0 aromatic heterocycles. The summed E-state index contributed by atoms with van der Waals surface area (Å²) in [6, 6.07) is 7.27. The fraction of sp³-hybridized carbons (Fsp3) is 0.708. The van der Waals surface area contributed by atoms with E-state index in [1.165, 1.54) is 30.5 Å². The lowest BCUT2D eigenvalue weighted by atomic mass is 9.47.